The zero-order valence-electron chi connectivity index (χ0n) is 8.63. The summed E-state index contributed by atoms with van der Waals surface area (Å²) in [5, 5.41) is 0.545. The van der Waals surface area contributed by atoms with E-state index in [-0.39, 0.29) is 5.97 Å². The second-order valence-corrected chi connectivity index (χ2v) is 6.71. The van der Waals surface area contributed by atoms with Crippen molar-refractivity contribution in [2.75, 3.05) is 0 Å². The van der Waals surface area contributed by atoms with Crippen LogP contribution in [0.15, 0.2) is 3.92 Å². The molecule has 0 aliphatic rings. The van der Waals surface area contributed by atoms with E-state index in [0.717, 1.165) is 0 Å². The van der Waals surface area contributed by atoms with Crippen LogP contribution in [0.5, 0.6) is 0 Å². The van der Waals surface area contributed by atoms with Gasteiger partial charge in [-0.15, -0.1) is 0 Å². The molecule has 0 fully saturated rings. The highest BCUT2D eigenvalue weighted by Crippen LogP contribution is 2.26. The number of nitrogens with zero attached hydrogens (tertiary/aromatic N) is 1. The van der Waals surface area contributed by atoms with Crippen molar-refractivity contribution in [3.8, 4) is 0 Å². The smallest absolute Gasteiger partial charge is 0.350 e. The quantitative estimate of drug-likeness (QED) is 0.598. The Morgan fingerprint density at radius 1 is 1.53 bits per heavy atom. The fourth-order valence-electron chi connectivity index (χ4n) is 0.897. The first-order valence-electron chi connectivity index (χ1n) is 4.28. The maximum atomic E-state index is 11.8. The second kappa shape index (κ2) is 4.93. The summed E-state index contributed by atoms with van der Waals surface area (Å²) < 4.78 is 5.96. The van der Waals surface area contributed by atoms with Crippen LogP contribution in [0.3, 0.4) is 0 Å². The number of carbonyl (C=O) groups excluding carboxylic acids is 1. The number of ether oxygens (including phenoxy) is 1. The summed E-state index contributed by atoms with van der Waals surface area (Å²) in [4.78, 5) is 16.5. The Kier molecular flexibility index (Phi) is 4.31. The highest BCUT2D eigenvalue weighted by molar-refractivity contribution is 9.11. The molecule has 6 heteroatoms. The molecule has 0 bridgehead atoms. The Morgan fingerprint density at radius 2 is 2.13 bits per heavy atom. The van der Waals surface area contributed by atoms with E-state index in [1.165, 1.54) is 11.3 Å². The zero-order valence-corrected chi connectivity index (χ0v) is 12.6. The van der Waals surface area contributed by atoms with Gasteiger partial charge >= 0.3 is 5.97 Å². The molecule has 0 unspecified atom stereocenters. The number of halogens is 2. The molecule has 0 radical (unpaired) electrons. The molecule has 3 nitrogen and oxygen atoms in total. The molecule has 0 amide bonds. The molecule has 0 saturated carbocycles. The standard InChI is InChI=1S/C9H11Br2NO2S/c1-9(2,3)14-7(13)6-5(4-10)12-8(11)15-6/h4H2,1-3H3. The van der Waals surface area contributed by atoms with Crippen LogP contribution < -0.4 is 0 Å². The molecule has 0 aromatic carbocycles. The monoisotopic (exact) mass is 355 g/mol. The third-order valence-corrected chi connectivity index (χ3v) is 3.44. The van der Waals surface area contributed by atoms with Crippen LogP contribution in [-0.2, 0) is 10.1 Å². The van der Waals surface area contributed by atoms with Crippen molar-refractivity contribution >= 4 is 49.2 Å². The average molecular weight is 357 g/mol. The van der Waals surface area contributed by atoms with E-state index in [1.807, 2.05) is 20.8 Å². The lowest BCUT2D eigenvalue weighted by atomic mass is 10.2. The Labute approximate surface area is 109 Å². The first-order chi connectivity index (χ1) is 6.83. The third-order valence-electron chi connectivity index (χ3n) is 1.38. The van der Waals surface area contributed by atoms with E-state index >= 15 is 0 Å². The Morgan fingerprint density at radius 3 is 2.60 bits per heavy atom. The van der Waals surface area contributed by atoms with Gasteiger partial charge in [0.15, 0.2) is 3.92 Å². The van der Waals surface area contributed by atoms with Gasteiger partial charge in [-0.2, -0.15) is 0 Å². The number of hydrogen-bond acceptors (Lipinski definition) is 4. The SMILES string of the molecule is CC(C)(C)OC(=O)c1sc(Br)nc1CBr. The van der Waals surface area contributed by atoms with Gasteiger partial charge in [0.25, 0.3) is 0 Å². The Balaban J connectivity index is 2.91. The van der Waals surface area contributed by atoms with Crippen molar-refractivity contribution < 1.29 is 9.53 Å². The highest BCUT2D eigenvalue weighted by Gasteiger charge is 2.23. The molecule has 0 aliphatic heterocycles. The van der Waals surface area contributed by atoms with E-state index in [9.17, 15) is 4.79 Å². The fraction of sp³-hybridized carbons (Fsp3) is 0.556. The number of aromatic nitrogens is 1. The summed E-state index contributed by atoms with van der Waals surface area (Å²) in [6.45, 7) is 5.53. The number of carbonyl (C=O) groups is 1. The van der Waals surface area contributed by atoms with Gasteiger partial charge in [0.05, 0.1) is 5.69 Å². The molecular formula is C9H11Br2NO2S. The van der Waals surface area contributed by atoms with E-state index in [4.69, 9.17) is 4.74 Å². The first kappa shape index (κ1) is 13.1. The molecular weight excluding hydrogens is 346 g/mol. The minimum atomic E-state index is -0.475. The van der Waals surface area contributed by atoms with Gasteiger partial charge < -0.3 is 4.74 Å². The van der Waals surface area contributed by atoms with Crippen molar-refractivity contribution in [1.82, 2.24) is 4.98 Å². The van der Waals surface area contributed by atoms with E-state index in [2.05, 4.69) is 36.8 Å². The molecule has 0 saturated heterocycles. The largest absolute Gasteiger partial charge is 0.456 e. The minimum Gasteiger partial charge on any atom is -0.456 e. The van der Waals surface area contributed by atoms with Crippen LogP contribution in [0.2, 0.25) is 0 Å². The van der Waals surface area contributed by atoms with Crippen molar-refractivity contribution in [1.29, 1.82) is 0 Å². The van der Waals surface area contributed by atoms with Gasteiger partial charge in [0.1, 0.15) is 10.5 Å². The first-order valence-corrected chi connectivity index (χ1v) is 7.01. The van der Waals surface area contributed by atoms with Crippen molar-refractivity contribution in [3.05, 3.63) is 14.5 Å². The molecule has 0 N–H and O–H groups in total. The van der Waals surface area contributed by atoms with Crippen LogP contribution in [0, 0.1) is 0 Å². The molecule has 0 spiro atoms. The van der Waals surface area contributed by atoms with E-state index < -0.39 is 5.60 Å². The second-order valence-electron chi connectivity index (χ2n) is 3.88. The van der Waals surface area contributed by atoms with Crippen LogP contribution in [0.4, 0.5) is 0 Å². The number of hydrogen-bond donors (Lipinski definition) is 0. The average Bonchev–Trinajstić information content (AvgIpc) is 2.43. The lowest BCUT2D eigenvalue weighted by Crippen LogP contribution is -2.23. The summed E-state index contributed by atoms with van der Waals surface area (Å²) in [5.41, 5.74) is 0.234. The van der Waals surface area contributed by atoms with Gasteiger partial charge in [0.2, 0.25) is 0 Å². The fourth-order valence-corrected chi connectivity index (χ4v) is 2.87. The zero-order chi connectivity index (χ0) is 11.6. The maximum absolute atomic E-state index is 11.8. The van der Waals surface area contributed by atoms with Crippen molar-refractivity contribution in [3.63, 3.8) is 0 Å². The number of rotatable bonds is 2. The molecule has 1 rings (SSSR count). The summed E-state index contributed by atoms with van der Waals surface area (Å²) >= 11 is 7.82. The Hall–Kier alpha value is 0.0600. The molecule has 84 valence electrons. The predicted octanol–water partition coefficient (Wildman–Crippen LogP) is 3.76. The lowest BCUT2D eigenvalue weighted by molar-refractivity contribution is 0.00742. The van der Waals surface area contributed by atoms with Gasteiger partial charge in [-0.05, 0) is 36.7 Å². The molecule has 1 aromatic rings. The summed E-state index contributed by atoms with van der Waals surface area (Å²) in [5.74, 6) is -0.319. The number of esters is 1. The Bertz CT molecular complexity index is 371. The van der Waals surface area contributed by atoms with E-state index in [0.29, 0.717) is 19.8 Å². The highest BCUT2D eigenvalue weighted by atomic mass is 79.9. The third kappa shape index (κ3) is 3.85. The van der Waals surface area contributed by atoms with Crippen LogP contribution >= 0.6 is 43.2 Å². The minimum absolute atomic E-state index is 0.319. The maximum Gasteiger partial charge on any atom is 0.350 e. The molecule has 0 aliphatic carbocycles. The van der Waals surface area contributed by atoms with E-state index in [1.54, 1.807) is 0 Å². The summed E-state index contributed by atoms with van der Waals surface area (Å²) in [6.07, 6.45) is 0. The predicted molar refractivity (Wildman–Crippen MR) is 67.6 cm³/mol. The normalized spacial score (nSPS) is 11.5. The summed E-state index contributed by atoms with van der Waals surface area (Å²) in [6, 6.07) is 0. The van der Waals surface area contributed by atoms with Crippen LogP contribution in [0.25, 0.3) is 0 Å². The van der Waals surface area contributed by atoms with Gasteiger partial charge in [-0.25, -0.2) is 9.78 Å². The van der Waals surface area contributed by atoms with Gasteiger partial charge in [0, 0.05) is 5.33 Å². The van der Waals surface area contributed by atoms with Crippen LogP contribution in [-0.4, -0.2) is 16.6 Å². The summed E-state index contributed by atoms with van der Waals surface area (Å²) in [7, 11) is 0. The molecule has 15 heavy (non-hydrogen) atoms. The molecule has 0 atom stereocenters. The van der Waals surface area contributed by atoms with Gasteiger partial charge in [-0.3, -0.25) is 0 Å². The lowest BCUT2D eigenvalue weighted by Gasteiger charge is -2.18. The van der Waals surface area contributed by atoms with Crippen molar-refractivity contribution in [2.24, 2.45) is 0 Å². The van der Waals surface area contributed by atoms with Crippen molar-refractivity contribution in [2.45, 2.75) is 31.7 Å². The molecule has 1 heterocycles. The number of alkyl halides is 1. The molecule has 1 aromatic heterocycles. The number of thiazole rings is 1. The topological polar surface area (TPSA) is 39.2 Å². The van der Waals surface area contributed by atoms with Gasteiger partial charge in [-0.1, -0.05) is 27.3 Å². The van der Waals surface area contributed by atoms with Crippen LogP contribution in [0.1, 0.15) is 36.1 Å².